The van der Waals surface area contributed by atoms with Crippen molar-refractivity contribution < 1.29 is 19.1 Å². The van der Waals surface area contributed by atoms with Gasteiger partial charge in [-0.15, -0.1) is 5.10 Å². The second kappa shape index (κ2) is 9.99. The summed E-state index contributed by atoms with van der Waals surface area (Å²) < 4.78 is 12.4. The van der Waals surface area contributed by atoms with Crippen molar-refractivity contribution in [1.29, 1.82) is 0 Å². The van der Waals surface area contributed by atoms with Gasteiger partial charge in [0.25, 0.3) is 0 Å². The molecule has 0 atom stereocenters. The summed E-state index contributed by atoms with van der Waals surface area (Å²) in [5.74, 6) is -0.177. The first-order chi connectivity index (χ1) is 16.4. The Morgan fingerprint density at radius 1 is 1.12 bits per heavy atom. The summed E-state index contributed by atoms with van der Waals surface area (Å²) in [4.78, 5) is 24.1. The fraction of sp³-hybridized carbons (Fsp3) is 0.154. The maximum Gasteiger partial charge on any atom is 0.351 e. The van der Waals surface area contributed by atoms with E-state index in [-0.39, 0.29) is 12.4 Å². The molecule has 2 aromatic carbocycles. The van der Waals surface area contributed by atoms with E-state index >= 15 is 0 Å². The van der Waals surface area contributed by atoms with Crippen LogP contribution in [0.5, 0.6) is 11.5 Å². The van der Waals surface area contributed by atoms with Crippen LogP contribution in [0.15, 0.2) is 76.1 Å². The number of aromatic hydroxyl groups is 1. The minimum absolute atomic E-state index is 0.229. The lowest BCUT2D eigenvalue weighted by molar-refractivity contribution is 0.104. The van der Waals surface area contributed by atoms with Crippen LogP contribution >= 0.6 is 0 Å². The summed E-state index contributed by atoms with van der Waals surface area (Å²) in [7, 11) is 0. The van der Waals surface area contributed by atoms with Gasteiger partial charge in [-0.1, -0.05) is 53.3 Å². The number of carbonyl (C=O) groups excluding carboxylic acids is 1. The van der Waals surface area contributed by atoms with Crippen molar-refractivity contribution in [3.05, 3.63) is 111 Å². The summed E-state index contributed by atoms with van der Waals surface area (Å²) in [5, 5.41) is 18.2. The molecule has 0 aliphatic carbocycles. The third-order valence-electron chi connectivity index (χ3n) is 5.05. The molecular weight excluding hydrogens is 434 g/mol. The highest BCUT2D eigenvalue weighted by molar-refractivity contribution is 6.08. The van der Waals surface area contributed by atoms with E-state index in [4.69, 9.17) is 9.15 Å². The topological polar surface area (TPSA) is 107 Å². The summed E-state index contributed by atoms with van der Waals surface area (Å²) in [6.45, 7) is 4.47. The number of aryl methyl sites for hydroxylation is 2. The van der Waals surface area contributed by atoms with Crippen molar-refractivity contribution in [2.75, 3.05) is 0 Å². The van der Waals surface area contributed by atoms with Gasteiger partial charge in [0.1, 0.15) is 35.1 Å². The molecule has 0 radical (unpaired) electrons. The largest absolute Gasteiger partial charge is 0.507 e. The van der Waals surface area contributed by atoms with E-state index in [0.29, 0.717) is 18.0 Å². The van der Waals surface area contributed by atoms with Crippen LogP contribution in [0, 0.1) is 13.8 Å². The van der Waals surface area contributed by atoms with Gasteiger partial charge in [0.2, 0.25) is 0 Å². The molecule has 8 heteroatoms. The second-order valence-corrected chi connectivity index (χ2v) is 7.85. The monoisotopic (exact) mass is 457 g/mol. The third-order valence-corrected chi connectivity index (χ3v) is 5.05. The number of ether oxygens (including phenoxy) is 1. The van der Waals surface area contributed by atoms with E-state index < -0.39 is 22.7 Å². The van der Waals surface area contributed by atoms with Crippen LogP contribution in [0.2, 0.25) is 0 Å². The van der Waals surface area contributed by atoms with Gasteiger partial charge in [0.05, 0.1) is 12.7 Å². The lowest BCUT2D eigenvalue weighted by Gasteiger charge is -2.04. The first-order valence-electron chi connectivity index (χ1n) is 10.6. The number of aromatic nitrogens is 3. The van der Waals surface area contributed by atoms with Crippen molar-refractivity contribution in [3.8, 4) is 11.5 Å². The van der Waals surface area contributed by atoms with E-state index in [0.717, 1.165) is 11.1 Å². The van der Waals surface area contributed by atoms with Gasteiger partial charge in [-0.3, -0.25) is 4.79 Å². The average molecular weight is 457 g/mol. The van der Waals surface area contributed by atoms with Gasteiger partial charge >= 0.3 is 5.63 Å². The minimum Gasteiger partial charge on any atom is -0.507 e. The number of hydrogen-bond donors (Lipinski definition) is 1. The smallest absolute Gasteiger partial charge is 0.351 e. The molecule has 172 valence electrons. The van der Waals surface area contributed by atoms with Gasteiger partial charge in [0.15, 0.2) is 5.78 Å². The first-order valence-corrected chi connectivity index (χ1v) is 10.6. The van der Waals surface area contributed by atoms with Crippen molar-refractivity contribution >= 4 is 11.9 Å². The van der Waals surface area contributed by atoms with E-state index in [1.807, 2.05) is 13.1 Å². The molecule has 4 aromatic rings. The number of hydrogen-bond acceptors (Lipinski definition) is 7. The number of allylic oxidation sites excluding steroid dienone is 1. The fourth-order valence-corrected chi connectivity index (χ4v) is 3.27. The molecule has 0 aliphatic rings. The Labute approximate surface area is 195 Å². The molecule has 0 aliphatic heterocycles. The lowest BCUT2D eigenvalue weighted by Crippen LogP contribution is -2.12. The molecular formula is C26H23N3O5. The van der Waals surface area contributed by atoms with Crippen LogP contribution in [-0.2, 0) is 13.2 Å². The van der Waals surface area contributed by atoms with Crippen LogP contribution in [0.1, 0.15) is 38.5 Å². The fourth-order valence-electron chi connectivity index (χ4n) is 3.27. The number of carbonyl (C=O) groups is 1. The maximum atomic E-state index is 12.3. The van der Waals surface area contributed by atoms with Crippen LogP contribution in [0.4, 0.5) is 0 Å². The predicted molar refractivity (Wildman–Crippen MR) is 126 cm³/mol. The molecule has 34 heavy (non-hydrogen) atoms. The van der Waals surface area contributed by atoms with E-state index in [1.165, 1.54) is 24.6 Å². The van der Waals surface area contributed by atoms with Crippen molar-refractivity contribution in [2.45, 2.75) is 27.0 Å². The molecule has 2 heterocycles. The number of benzene rings is 2. The minimum atomic E-state index is -0.869. The zero-order chi connectivity index (χ0) is 24.1. The highest BCUT2D eigenvalue weighted by atomic mass is 16.5. The van der Waals surface area contributed by atoms with Crippen LogP contribution < -0.4 is 10.4 Å². The number of ketones is 1. The van der Waals surface area contributed by atoms with Crippen LogP contribution in [0.25, 0.3) is 6.08 Å². The molecule has 8 nitrogen and oxygen atoms in total. The predicted octanol–water partition coefficient (Wildman–Crippen LogP) is 4.08. The molecule has 4 rings (SSSR count). The lowest BCUT2D eigenvalue weighted by atomic mass is 10.1. The van der Waals surface area contributed by atoms with Crippen LogP contribution in [0.3, 0.4) is 0 Å². The summed E-state index contributed by atoms with van der Waals surface area (Å²) >= 11 is 0. The van der Waals surface area contributed by atoms with E-state index in [1.54, 1.807) is 35.0 Å². The molecule has 0 amide bonds. The quantitative estimate of drug-likeness (QED) is 0.314. The Morgan fingerprint density at radius 2 is 1.85 bits per heavy atom. The summed E-state index contributed by atoms with van der Waals surface area (Å²) in [6, 6.07) is 16.6. The molecule has 0 spiro atoms. The number of rotatable bonds is 8. The van der Waals surface area contributed by atoms with Gasteiger partial charge in [-0.2, -0.15) is 0 Å². The first kappa shape index (κ1) is 22.7. The normalized spacial score (nSPS) is 11.1. The Balaban J connectivity index is 1.33. The molecule has 1 N–H and O–H groups in total. The molecule has 2 aromatic heterocycles. The zero-order valence-corrected chi connectivity index (χ0v) is 18.8. The SMILES string of the molecule is Cc1ccc(Cn2cc(COc3ccc(/C=C/C(=O)c4c(O)cc(C)oc4=O)cc3)nn2)cc1. The summed E-state index contributed by atoms with van der Waals surface area (Å²) in [5.41, 5.74) is 2.52. The van der Waals surface area contributed by atoms with Gasteiger partial charge in [-0.05, 0) is 43.2 Å². The Hall–Kier alpha value is -4.46. The maximum absolute atomic E-state index is 12.3. The van der Waals surface area contributed by atoms with Gasteiger partial charge in [0, 0.05) is 6.07 Å². The average Bonchev–Trinajstić information content (AvgIpc) is 3.25. The van der Waals surface area contributed by atoms with Crippen molar-refractivity contribution in [3.63, 3.8) is 0 Å². The van der Waals surface area contributed by atoms with Gasteiger partial charge < -0.3 is 14.3 Å². The van der Waals surface area contributed by atoms with Crippen molar-refractivity contribution in [1.82, 2.24) is 15.0 Å². The molecule has 0 saturated heterocycles. The molecule has 0 fully saturated rings. The zero-order valence-electron chi connectivity index (χ0n) is 18.8. The second-order valence-electron chi connectivity index (χ2n) is 7.85. The molecule has 0 bridgehead atoms. The van der Waals surface area contributed by atoms with Crippen LogP contribution in [-0.4, -0.2) is 25.9 Å². The third kappa shape index (κ3) is 5.66. The standard InChI is InChI=1S/C26H23N3O5/c1-17-3-5-20(6-4-17)14-29-15-21(27-28-29)16-33-22-10-7-19(8-11-22)9-12-23(30)25-24(31)13-18(2)34-26(25)32/h3-13,15,31H,14,16H2,1-2H3/b12-9+. The Kier molecular flexibility index (Phi) is 6.68. The van der Waals surface area contributed by atoms with E-state index in [2.05, 4.69) is 34.6 Å². The Morgan fingerprint density at radius 3 is 2.56 bits per heavy atom. The van der Waals surface area contributed by atoms with Crippen molar-refractivity contribution in [2.24, 2.45) is 0 Å². The number of nitrogens with zero attached hydrogens (tertiary/aromatic N) is 3. The highest BCUT2D eigenvalue weighted by Crippen LogP contribution is 2.18. The highest BCUT2D eigenvalue weighted by Gasteiger charge is 2.15. The van der Waals surface area contributed by atoms with E-state index in [9.17, 15) is 14.7 Å². The molecule has 0 unspecified atom stereocenters. The molecule has 0 saturated carbocycles. The van der Waals surface area contributed by atoms with Gasteiger partial charge in [-0.25, -0.2) is 9.48 Å². The Bertz CT molecular complexity index is 1380. The summed E-state index contributed by atoms with van der Waals surface area (Å²) in [6.07, 6.45) is 4.60.